The molecular weight excluding hydrogens is 480 g/mol. The number of anilines is 2. The minimum Gasteiger partial charge on any atom is -0.322 e. The molecule has 6 nitrogen and oxygen atoms in total. The van der Waals surface area contributed by atoms with Crippen LogP contribution in [0, 0.1) is 6.92 Å². The maximum absolute atomic E-state index is 12.9. The van der Waals surface area contributed by atoms with Gasteiger partial charge in [0.2, 0.25) is 0 Å². The number of amides is 1. The van der Waals surface area contributed by atoms with Gasteiger partial charge in [0.05, 0.1) is 28.5 Å². The summed E-state index contributed by atoms with van der Waals surface area (Å²) in [5, 5.41) is 3.26. The van der Waals surface area contributed by atoms with Crippen molar-refractivity contribution in [1.29, 1.82) is 0 Å². The molecule has 1 saturated heterocycles. The van der Waals surface area contributed by atoms with Gasteiger partial charge in [0.25, 0.3) is 5.91 Å². The first kappa shape index (κ1) is 24.8. The van der Waals surface area contributed by atoms with E-state index < -0.39 is 11.0 Å². The molecule has 0 spiro atoms. The number of hydrogen-bond acceptors (Lipinski definition) is 4. The number of aryl methyl sites for hydroxylation is 1. The first-order valence-electron chi connectivity index (χ1n) is 11.4. The highest BCUT2D eigenvalue weighted by molar-refractivity contribution is 7.86. The van der Waals surface area contributed by atoms with Crippen LogP contribution in [-0.2, 0) is 17.5 Å². The molecule has 0 aliphatic carbocycles. The molecule has 1 amide bonds. The molecule has 3 aromatic rings. The summed E-state index contributed by atoms with van der Waals surface area (Å²) in [6.45, 7) is 6.79. The predicted octanol–water partition coefficient (Wildman–Crippen LogP) is 6.12. The molecule has 8 heteroatoms. The maximum atomic E-state index is 12.9. The summed E-state index contributed by atoms with van der Waals surface area (Å²) in [6.07, 6.45) is 3.73. The number of hydrogen-bond donors (Lipinski definition) is 1. The Bertz CT molecular complexity index is 1310. The van der Waals surface area contributed by atoms with E-state index in [1.165, 1.54) is 0 Å². The van der Waals surface area contributed by atoms with E-state index in [9.17, 15) is 9.00 Å². The van der Waals surface area contributed by atoms with E-state index in [2.05, 4.69) is 22.0 Å². The minimum absolute atomic E-state index is 0.300. The Morgan fingerprint density at radius 1 is 1.17 bits per heavy atom. The van der Waals surface area contributed by atoms with Gasteiger partial charge in [-0.3, -0.25) is 19.1 Å². The molecule has 1 aliphatic rings. The number of carbonyl (C=O) groups excluding carboxylic acids is 1. The summed E-state index contributed by atoms with van der Waals surface area (Å²) >= 11 is 6.45. The molecule has 1 aliphatic heterocycles. The minimum atomic E-state index is -1.05. The first-order chi connectivity index (χ1) is 17.0. The second kappa shape index (κ2) is 11.4. The van der Waals surface area contributed by atoms with Gasteiger partial charge in [-0.15, -0.1) is 0 Å². The van der Waals surface area contributed by atoms with Crippen LogP contribution in [0.4, 0.5) is 17.1 Å². The lowest BCUT2D eigenvalue weighted by atomic mass is 10.1. The van der Waals surface area contributed by atoms with Gasteiger partial charge in [-0.2, -0.15) is 0 Å². The molecule has 35 heavy (non-hydrogen) atoms. The smallest absolute Gasteiger partial charge is 0.257 e. The van der Waals surface area contributed by atoms with Gasteiger partial charge < -0.3 is 5.32 Å². The number of nitrogens with zero attached hydrogens (tertiary/aromatic N) is 3. The molecule has 0 aromatic heterocycles. The van der Waals surface area contributed by atoms with Crippen LogP contribution in [0.5, 0.6) is 0 Å². The summed E-state index contributed by atoms with van der Waals surface area (Å²) in [5.41, 5.74) is 5.56. The van der Waals surface area contributed by atoms with Crippen molar-refractivity contribution in [2.24, 2.45) is 9.98 Å². The van der Waals surface area contributed by atoms with Crippen LogP contribution in [0.25, 0.3) is 0 Å². The fourth-order valence-corrected chi connectivity index (χ4v) is 5.50. The third-order valence-corrected chi connectivity index (χ3v) is 7.70. The number of nitrogens with one attached hydrogen (secondary N) is 1. The van der Waals surface area contributed by atoms with Crippen LogP contribution in [0.3, 0.4) is 0 Å². The van der Waals surface area contributed by atoms with Gasteiger partial charge in [-0.05, 0) is 74.0 Å². The van der Waals surface area contributed by atoms with Crippen LogP contribution in [0.1, 0.15) is 39.9 Å². The van der Waals surface area contributed by atoms with Gasteiger partial charge >= 0.3 is 0 Å². The number of aliphatic imine (C=N–C) groups is 2. The van der Waals surface area contributed by atoms with Gasteiger partial charge in [0.15, 0.2) is 0 Å². The van der Waals surface area contributed by atoms with Crippen molar-refractivity contribution in [3.05, 3.63) is 87.9 Å². The fourth-order valence-electron chi connectivity index (χ4n) is 3.88. The van der Waals surface area contributed by atoms with Crippen LogP contribution in [0.2, 0.25) is 5.02 Å². The highest BCUT2D eigenvalue weighted by Gasteiger charge is 2.20. The monoisotopic (exact) mass is 506 g/mol. The van der Waals surface area contributed by atoms with E-state index in [0.717, 1.165) is 47.5 Å². The third-order valence-electron chi connectivity index (χ3n) is 5.87. The van der Waals surface area contributed by atoms with Crippen molar-refractivity contribution < 1.29 is 9.00 Å². The second-order valence-electron chi connectivity index (χ2n) is 8.28. The lowest BCUT2D eigenvalue weighted by Gasteiger charge is -2.27. The Morgan fingerprint density at radius 3 is 2.77 bits per heavy atom. The molecule has 1 unspecified atom stereocenters. The Kier molecular flexibility index (Phi) is 8.10. The Hall–Kier alpha value is -3.29. The lowest BCUT2D eigenvalue weighted by molar-refractivity contribution is 0.102. The summed E-state index contributed by atoms with van der Waals surface area (Å²) in [7, 11) is -1.05. The largest absolute Gasteiger partial charge is 0.322 e. The van der Waals surface area contributed by atoms with Crippen molar-refractivity contribution in [1.82, 2.24) is 0 Å². The summed E-state index contributed by atoms with van der Waals surface area (Å²) in [6, 6.07) is 18.6. The molecule has 1 atom stereocenters. The molecule has 0 saturated carbocycles. The van der Waals surface area contributed by atoms with Crippen molar-refractivity contribution >= 4 is 58.5 Å². The quantitative estimate of drug-likeness (QED) is 0.392. The second-order valence-corrected chi connectivity index (χ2v) is 10.2. The molecule has 1 fully saturated rings. The summed E-state index contributed by atoms with van der Waals surface area (Å²) in [5.74, 6) is 0.350. The number of rotatable bonds is 7. The van der Waals surface area contributed by atoms with Crippen molar-refractivity contribution in [3.8, 4) is 0 Å². The van der Waals surface area contributed by atoms with E-state index in [-0.39, 0.29) is 5.91 Å². The number of halogens is 1. The molecule has 1 N–H and O–H groups in total. The molecule has 0 radical (unpaired) electrons. The van der Waals surface area contributed by atoms with Gasteiger partial charge in [-0.1, -0.05) is 35.9 Å². The van der Waals surface area contributed by atoms with Crippen LogP contribution in [0.15, 0.2) is 70.6 Å². The molecular formula is C27H27ClN4O2S. The molecule has 3 aromatic carbocycles. The number of para-hydroxylation sites is 1. The van der Waals surface area contributed by atoms with Gasteiger partial charge in [-0.25, -0.2) is 4.21 Å². The predicted molar refractivity (Wildman–Crippen MR) is 147 cm³/mol. The Morgan fingerprint density at radius 2 is 2.00 bits per heavy atom. The van der Waals surface area contributed by atoms with E-state index in [1.54, 1.807) is 24.4 Å². The van der Waals surface area contributed by atoms with E-state index >= 15 is 0 Å². The fraction of sp³-hybridized carbons (Fsp3) is 0.222. The summed E-state index contributed by atoms with van der Waals surface area (Å²) in [4.78, 5) is 21.5. The first-order valence-corrected chi connectivity index (χ1v) is 13.0. The maximum Gasteiger partial charge on any atom is 0.257 e. The average Bonchev–Trinajstić information content (AvgIpc) is 2.86. The standard InChI is InChI=1S/C27H27ClN4O2S/c1-19-9-10-22(15-21(19)18-30-17-20-7-3-4-8-26(20)29-2)31-27(33)24-12-11-23(16-25(24)28)32-13-5-6-14-35(32)34/h3-4,7-12,15-17H,2,5-6,13-14,18H2,1H3,(H,31,33). The topological polar surface area (TPSA) is 74.1 Å². The third kappa shape index (κ3) is 6.05. The number of benzene rings is 3. The average molecular weight is 507 g/mol. The zero-order chi connectivity index (χ0) is 24.8. The highest BCUT2D eigenvalue weighted by atomic mass is 35.5. The Labute approximate surface area is 213 Å². The van der Waals surface area contributed by atoms with Gasteiger partial charge in [0, 0.05) is 29.8 Å². The van der Waals surface area contributed by atoms with E-state index in [1.807, 2.05) is 53.7 Å². The summed E-state index contributed by atoms with van der Waals surface area (Å²) < 4.78 is 14.2. The zero-order valence-corrected chi connectivity index (χ0v) is 21.1. The highest BCUT2D eigenvalue weighted by Crippen LogP contribution is 2.28. The van der Waals surface area contributed by atoms with Crippen molar-refractivity contribution in [2.75, 3.05) is 21.9 Å². The Balaban J connectivity index is 1.46. The SMILES string of the molecule is C=Nc1ccccc1C=NCc1cc(NC(=O)c2ccc(N3CCCCS3=O)cc2Cl)ccc1C. The molecule has 1 heterocycles. The van der Waals surface area contributed by atoms with Crippen LogP contribution < -0.4 is 9.62 Å². The molecule has 4 rings (SSSR count). The molecule has 0 bridgehead atoms. The van der Waals surface area contributed by atoms with Crippen LogP contribution >= 0.6 is 11.6 Å². The van der Waals surface area contributed by atoms with Gasteiger partial charge in [0.1, 0.15) is 11.0 Å². The lowest BCUT2D eigenvalue weighted by Crippen LogP contribution is -2.33. The van der Waals surface area contributed by atoms with E-state index in [0.29, 0.717) is 28.6 Å². The number of carbonyl (C=O) groups is 1. The zero-order valence-electron chi connectivity index (χ0n) is 19.5. The van der Waals surface area contributed by atoms with E-state index in [4.69, 9.17) is 11.6 Å². The van der Waals surface area contributed by atoms with Crippen LogP contribution in [-0.4, -0.2) is 35.3 Å². The van der Waals surface area contributed by atoms with Crippen molar-refractivity contribution in [2.45, 2.75) is 26.3 Å². The normalized spacial score (nSPS) is 15.8. The van der Waals surface area contributed by atoms with Crippen molar-refractivity contribution in [3.63, 3.8) is 0 Å². The molecule has 180 valence electrons.